The zero-order chi connectivity index (χ0) is 50.5. The number of morpholine rings is 1. The number of Topliss-reactive ketones (excluding diaryl/α,β-unsaturated/α-hetero) is 1. The minimum Gasteiger partial charge on any atom is -0.444 e. The third-order valence-corrected chi connectivity index (χ3v) is 16.9. The topological polar surface area (TPSA) is 178 Å². The molecule has 68 heavy (non-hydrogen) atoms. The summed E-state index contributed by atoms with van der Waals surface area (Å²) < 4.78 is 71.8. The van der Waals surface area contributed by atoms with Crippen molar-refractivity contribution in [2.24, 2.45) is 17.6 Å². The molecule has 0 aromatic heterocycles. The summed E-state index contributed by atoms with van der Waals surface area (Å²) in [6, 6.07) is 16.2. The van der Waals surface area contributed by atoms with E-state index in [1.807, 2.05) is 33.9 Å². The Morgan fingerprint density at radius 3 is 2.03 bits per heavy atom. The van der Waals surface area contributed by atoms with Gasteiger partial charge in [0.2, 0.25) is 11.8 Å². The number of hydrogen-bond donors (Lipinski definition) is 4. The fourth-order valence-corrected chi connectivity index (χ4v) is 8.46. The lowest BCUT2D eigenvalue weighted by molar-refractivity contribution is -0.140. The molecule has 4 rings (SSSR count). The molecule has 1 aliphatic rings. The van der Waals surface area contributed by atoms with Crippen molar-refractivity contribution in [3.05, 3.63) is 107 Å². The van der Waals surface area contributed by atoms with E-state index in [0.29, 0.717) is 36.0 Å². The highest BCUT2D eigenvalue weighted by atomic mass is 28.4. The maximum Gasteiger partial charge on any atom is 0.416 e. The van der Waals surface area contributed by atoms with Crippen LogP contribution in [0, 0.1) is 17.7 Å². The molecule has 0 radical (unpaired) electrons. The summed E-state index contributed by atoms with van der Waals surface area (Å²) in [6.45, 7) is 15.1. The molecule has 3 aromatic rings. The zero-order valence-electron chi connectivity index (χ0n) is 40.5. The number of alkyl halides is 3. The summed E-state index contributed by atoms with van der Waals surface area (Å²) in [5.41, 5.74) is 6.00. The number of urea groups is 1. The van der Waals surface area contributed by atoms with Crippen LogP contribution in [0.25, 0.3) is 0 Å². The van der Waals surface area contributed by atoms with Crippen molar-refractivity contribution in [2.75, 3.05) is 32.8 Å². The Bertz CT molecular complexity index is 2130. The number of ketones is 1. The van der Waals surface area contributed by atoms with E-state index in [9.17, 15) is 36.7 Å². The van der Waals surface area contributed by atoms with Gasteiger partial charge in [-0.3, -0.25) is 14.4 Å². The zero-order valence-corrected chi connectivity index (χ0v) is 41.5. The highest BCUT2D eigenvalue weighted by molar-refractivity contribution is 6.74. The van der Waals surface area contributed by atoms with Gasteiger partial charge in [-0.05, 0) is 112 Å². The first-order chi connectivity index (χ1) is 31.7. The number of benzene rings is 3. The van der Waals surface area contributed by atoms with E-state index in [2.05, 4.69) is 16.0 Å². The number of hydrogen-bond acceptors (Lipinski definition) is 8. The summed E-state index contributed by atoms with van der Waals surface area (Å²) in [6.07, 6.45) is -4.49. The molecule has 5 atom stereocenters. The van der Waals surface area contributed by atoms with Gasteiger partial charge in [-0.15, -0.1) is 0 Å². The molecule has 5 unspecified atom stereocenters. The van der Waals surface area contributed by atoms with Crippen LogP contribution in [0.15, 0.2) is 78.9 Å². The van der Waals surface area contributed by atoms with Crippen LogP contribution in [-0.4, -0.2) is 99.6 Å². The molecule has 5 N–H and O–H groups in total. The summed E-state index contributed by atoms with van der Waals surface area (Å²) in [4.78, 5) is 70.9. The van der Waals surface area contributed by atoms with Gasteiger partial charge < -0.3 is 40.5 Å². The maximum absolute atomic E-state index is 15.1. The van der Waals surface area contributed by atoms with E-state index in [-0.39, 0.29) is 57.1 Å². The van der Waals surface area contributed by atoms with Gasteiger partial charge in [-0.25, -0.2) is 14.0 Å². The Hall–Kier alpha value is -5.33. The molecular formula is C50H69F4N5O8Si. The van der Waals surface area contributed by atoms with Gasteiger partial charge in [-0.2, -0.15) is 13.2 Å². The smallest absolute Gasteiger partial charge is 0.416 e. The highest BCUT2D eigenvalue weighted by Crippen LogP contribution is 2.37. The van der Waals surface area contributed by atoms with E-state index in [1.165, 1.54) is 29.2 Å². The van der Waals surface area contributed by atoms with E-state index in [0.717, 1.165) is 12.1 Å². The molecule has 13 nitrogen and oxygen atoms in total. The lowest BCUT2D eigenvalue weighted by atomic mass is 9.90. The first-order valence-electron chi connectivity index (χ1n) is 23.1. The number of ether oxygens (including phenoxy) is 2. The molecule has 374 valence electrons. The molecule has 18 heteroatoms. The Morgan fingerprint density at radius 1 is 0.824 bits per heavy atom. The molecule has 1 heterocycles. The third-order valence-electron chi connectivity index (χ3n) is 12.4. The number of nitrogens with one attached hydrogen (secondary N) is 3. The van der Waals surface area contributed by atoms with Crippen molar-refractivity contribution < 1.29 is 55.4 Å². The molecule has 1 aliphatic heterocycles. The molecule has 0 saturated carbocycles. The molecule has 1 fully saturated rings. The van der Waals surface area contributed by atoms with Crippen molar-refractivity contribution in [2.45, 2.75) is 128 Å². The van der Waals surface area contributed by atoms with Crippen LogP contribution in [0.1, 0.15) is 83.1 Å². The van der Waals surface area contributed by atoms with Crippen molar-refractivity contribution in [1.29, 1.82) is 0 Å². The number of rotatable bonds is 21. The fourth-order valence-electron chi connectivity index (χ4n) is 7.39. The second-order valence-electron chi connectivity index (χ2n) is 20.0. The second kappa shape index (κ2) is 24.3. The molecule has 0 aliphatic carbocycles. The summed E-state index contributed by atoms with van der Waals surface area (Å²) in [5, 5.41) is 8.37. The second-order valence-corrected chi connectivity index (χ2v) is 24.8. The van der Waals surface area contributed by atoms with Crippen molar-refractivity contribution in [1.82, 2.24) is 20.9 Å². The number of nitrogens with two attached hydrogens (primary N) is 1. The maximum atomic E-state index is 15.1. The Morgan fingerprint density at radius 2 is 1.44 bits per heavy atom. The molecule has 1 saturated heterocycles. The molecule has 5 amide bonds. The van der Waals surface area contributed by atoms with Crippen molar-refractivity contribution in [3.8, 4) is 0 Å². The summed E-state index contributed by atoms with van der Waals surface area (Å²) in [7, 11) is -2.55. The van der Waals surface area contributed by atoms with Crippen LogP contribution in [-0.2, 0) is 53.7 Å². The SMILES string of the molecule is CC(C)(C)OC(=O)NCC(CO[Si](C)(C)C(C)(C)C)C(NC(=O)C(CCCCc1ccc(C(F)(F)F)cc1)Cc1ccc(F)cc1)C(=O)NC(Cc1ccccc1)C(=O)C1CN(C(N)=O)CCO1. The lowest BCUT2D eigenvalue weighted by Crippen LogP contribution is -2.61. The summed E-state index contributed by atoms with van der Waals surface area (Å²) >= 11 is 0. The van der Waals surface area contributed by atoms with E-state index < -0.39 is 91.2 Å². The Kier molecular flexibility index (Phi) is 19.7. The van der Waals surface area contributed by atoms with Gasteiger partial charge in [0.05, 0.1) is 24.8 Å². The first-order valence-corrected chi connectivity index (χ1v) is 26.0. The van der Waals surface area contributed by atoms with Gasteiger partial charge in [0.25, 0.3) is 0 Å². The average molecular weight is 972 g/mol. The van der Waals surface area contributed by atoms with Crippen LogP contribution >= 0.6 is 0 Å². The number of halogens is 4. The molecule has 3 aromatic carbocycles. The third kappa shape index (κ3) is 17.6. The Balaban J connectivity index is 1.73. The van der Waals surface area contributed by atoms with Crippen molar-refractivity contribution >= 4 is 38.0 Å². The fraction of sp³-hybridized carbons (Fsp3) is 0.540. The van der Waals surface area contributed by atoms with E-state index >= 15 is 4.79 Å². The lowest BCUT2D eigenvalue weighted by Gasteiger charge is -2.39. The van der Waals surface area contributed by atoms with Crippen LogP contribution in [0.3, 0.4) is 0 Å². The highest BCUT2D eigenvalue weighted by Gasteiger charge is 2.42. The number of primary amides is 1. The van der Waals surface area contributed by atoms with Crippen LogP contribution in [0.5, 0.6) is 0 Å². The van der Waals surface area contributed by atoms with E-state index in [4.69, 9.17) is 19.6 Å². The predicted molar refractivity (Wildman–Crippen MR) is 253 cm³/mol. The number of carbonyl (C=O) groups excluding carboxylic acids is 5. The number of unbranched alkanes of at least 4 members (excludes halogenated alkanes) is 1. The quantitative estimate of drug-likeness (QED) is 0.0470. The first kappa shape index (κ1) is 55.3. The number of nitrogens with zero attached hydrogens (tertiary/aromatic N) is 1. The van der Waals surface area contributed by atoms with Gasteiger partial charge in [0.1, 0.15) is 23.6 Å². The summed E-state index contributed by atoms with van der Waals surface area (Å²) in [5.74, 6) is -4.02. The minimum atomic E-state index is -4.47. The van der Waals surface area contributed by atoms with E-state index in [1.54, 1.807) is 63.2 Å². The number of amides is 5. The van der Waals surface area contributed by atoms with Crippen LogP contribution in [0.2, 0.25) is 18.1 Å². The molecule has 0 bridgehead atoms. The number of aryl methyl sites for hydroxylation is 1. The largest absolute Gasteiger partial charge is 0.444 e. The van der Waals surface area contributed by atoms with Crippen LogP contribution in [0.4, 0.5) is 27.2 Å². The van der Waals surface area contributed by atoms with Crippen LogP contribution < -0.4 is 21.7 Å². The van der Waals surface area contributed by atoms with Gasteiger partial charge in [-0.1, -0.05) is 81.8 Å². The van der Waals surface area contributed by atoms with Gasteiger partial charge in [0, 0.05) is 31.5 Å². The van der Waals surface area contributed by atoms with Gasteiger partial charge >= 0.3 is 18.3 Å². The van der Waals surface area contributed by atoms with Gasteiger partial charge in [0.15, 0.2) is 14.1 Å². The molecular weight excluding hydrogens is 903 g/mol. The molecule has 0 spiro atoms. The monoisotopic (exact) mass is 971 g/mol. The predicted octanol–water partition coefficient (Wildman–Crippen LogP) is 8.14. The van der Waals surface area contributed by atoms with Crippen molar-refractivity contribution in [3.63, 3.8) is 0 Å². The Labute approximate surface area is 398 Å². The minimum absolute atomic E-state index is 0.0237. The normalized spacial score (nSPS) is 16.5. The number of carbonyl (C=O) groups is 5. The number of alkyl carbamates (subject to hydrolysis) is 1. The standard InChI is InChI=1S/C50H69F4N5O8Si/c1-48(2,3)67-47(64)56-30-37(32-66-68(7,8)49(4,5)6)42(45(62)57-40(29-34-15-10-9-11-16-34)43(60)41-31-59(46(55)63)26-27-65-41)58-44(61)36(28-35-20-24-39(51)25-21-35)17-13-12-14-33-18-22-38(23-19-33)50(52,53)54/h9-11,15-16,18-25,36-37,40-42H,12-14,17,26-32H2,1-8H3,(H2,55,63)(H,56,64)(H,57,62)(H,58,61). The average Bonchev–Trinajstić information content (AvgIpc) is 3.26.